The number of benzene rings is 1. The maximum Gasteiger partial charge on any atom is 0.00420 e. The molecule has 0 amide bonds. The highest BCUT2D eigenvalue weighted by Gasteiger charge is 2.06. The summed E-state index contributed by atoms with van der Waals surface area (Å²) in [4.78, 5) is 0. The van der Waals surface area contributed by atoms with Crippen LogP contribution in [0.2, 0.25) is 0 Å². The second-order valence-corrected chi connectivity index (χ2v) is 5.52. The molecule has 0 saturated carbocycles. The van der Waals surface area contributed by atoms with Gasteiger partial charge in [0, 0.05) is 6.04 Å². The summed E-state index contributed by atoms with van der Waals surface area (Å²) in [5.41, 5.74) is 2.83. The van der Waals surface area contributed by atoms with Crippen molar-refractivity contribution in [2.45, 2.75) is 59.4 Å². The quantitative estimate of drug-likeness (QED) is 0.720. The number of nitrogens with one attached hydrogen (secondary N) is 1. The molecule has 1 heteroatoms. The van der Waals surface area contributed by atoms with Gasteiger partial charge in [-0.2, -0.15) is 0 Å². The van der Waals surface area contributed by atoms with Crippen LogP contribution in [0.25, 0.3) is 0 Å². The molecule has 0 aliphatic rings. The summed E-state index contributed by atoms with van der Waals surface area (Å²) in [5, 5.41) is 3.67. The van der Waals surface area contributed by atoms with Crippen molar-refractivity contribution < 1.29 is 0 Å². The van der Waals surface area contributed by atoms with Crippen LogP contribution in [0.5, 0.6) is 0 Å². The van der Waals surface area contributed by atoms with Crippen molar-refractivity contribution >= 4 is 0 Å². The molecule has 1 N–H and O–H groups in total. The molecule has 0 heterocycles. The molecule has 1 rings (SSSR count). The molecule has 1 unspecified atom stereocenters. The number of hydrogen-bond donors (Lipinski definition) is 1. The molecule has 0 spiro atoms. The van der Waals surface area contributed by atoms with Crippen molar-refractivity contribution in [3.8, 4) is 0 Å². The largest absolute Gasteiger partial charge is 0.314 e. The monoisotopic (exact) mass is 247 g/mol. The molecule has 0 saturated heterocycles. The van der Waals surface area contributed by atoms with E-state index in [2.05, 4.69) is 57.3 Å². The lowest BCUT2D eigenvalue weighted by molar-refractivity contribution is 0.407. The predicted molar refractivity (Wildman–Crippen MR) is 81.0 cm³/mol. The Balaban J connectivity index is 2.26. The zero-order valence-electron chi connectivity index (χ0n) is 12.5. The first-order chi connectivity index (χ1) is 8.65. The summed E-state index contributed by atoms with van der Waals surface area (Å²) >= 11 is 0. The fraction of sp³-hybridized carbons (Fsp3) is 0.647. The van der Waals surface area contributed by atoms with Gasteiger partial charge in [-0.1, -0.05) is 56.5 Å². The molecule has 0 radical (unpaired) electrons. The Morgan fingerprint density at radius 2 is 1.89 bits per heavy atom. The van der Waals surface area contributed by atoms with E-state index in [1.54, 1.807) is 0 Å². The van der Waals surface area contributed by atoms with Gasteiger partial charge in [-0.15, -0.1) is 0 Å². The first-order valence-corrected chi connectivity index (χ1v) is 7.44. The molecule has 0 fully saturated rings. The first kappa shape index (κ1) is 15.2. The fourth-order valence-electron chi connectivity index (χ4n) is 2.30. The normalized spacial score (nSPS) is 12.9. The highest BCUT2D eigenvalue weighted by molar-refractivity contribution is 5.22. The first-order valence-electron chi connectivity index (χ1n) is 7.44. The summed E-state index contributed by atoms with van der Waals surface area (Å²) in [7, 11) is 0. The Morgan fingerprint density at radius 3 is 2.50 bits per heavy atom. The molecule has 1 atom stereocenters. The van der Waals surface area contributed by atoms with Gasteiger partial charge >= 0.3 is 0 Å². The molecule has 1 aromatic rings. The number of hydrogen-bond acceptors (Lipinski definition) is 1. The second-order valence-electron chi connectivity index (χ2n) is 5.52. The third-order valence-electron chi connectivity index (χ3n) is 3.86. The molecular weight excluding hydrogens is 218 g/mol. The molecule has 1 aromatic carbocycles. The average Bonchev–Trinajstić information content (AvgIpc) is 2.37. The summed E-state index contributed by atoms with van der Waals surface area (Å²) < 4.78 is 0. The molecular formula is C17H29N. The van der Waals surface area contributed by atoms with Crippen molar-refractivity contribution in [3.05, 3.63) is 35.4 Å². The van der Waals surface area contributed by atoms with Crippen LogP contribution in [0, 0.1) is 12.8 Å². The van der Waals surface area contributed by atoms with Crippen molar-refractivity contribution in [2.24, 2.45) is 5.92 Å². The van der Waals surface area contributed by atoms with Crippen molar-refractivity contribution in [1.29, 1.82) is 0 Å². The van der Waals surface area contributed by atoms with Crippen LogP contribution in [0.15, 0.2) is 24.3 Å². The number of rotatable bonds is 8. The zero-order chi connectivity index (χ0) is 13.4. The van der Waals surface area contributed by atoms with E-state index in [-0.39, 0.29) is 0 Å². The van der Waals surface area contributed by atoms with Crippen LogP contribution in [0.1, 0.15) is 51.2 Å². The number of aryl methyl sites for hydroxylation is 2. The Kier molecular flexibility index (Phi) is 7.04. The lowest BCUT2D eigenvalue weighted by Gasteiger charge is -2.18. The van der Waals surface area contributed by atoms with E-state index in [0.29, 0.717) is 6.04 Å². The van der Waals surface area contributed by atoms with E-state index < -0.39 is 0 Å². The average molecular weight is 247 g/mol. The van der Waals surface area contributed by atoms with Crippen LogP contribution in [0.4, 0.5) is 0 Å². The predicted octanol–water partition coefficient (Wildman–Crippen LogP) is 4.34. The van der Waals surface area contributed by atoms with E-state index in [1.165, 1.54) is 43.4 Å². The molecule has 102 valence electrons. The Labute approximate surface area is 113 Å². The maximum atomic E-state index is 3.67. The van der Waals surface area contributed by atoms with Crippen LogP contribution in [-0.2, 0) is 6.42 Å². The van der Waals surface area contributed by atoms with E-state index in [1.807, 2.05) is 0 Å². The van der Waals surface area contributed by atoms with Crippen molar-refractivity contribution in [1.82, 2.24) is 5.32 Å². The highest BCUT2D eigenvalue weighted by atomic mass is 14.9. The van der Waals surface area contributed by atoms with Crippen LogP contribution in [-0.4, -0.2) is 12.6 Å². The summed E-state index contributed by atoms with van der Waals surface area (Å²) in [6.07, 6.45) is 4.98. The van der Waals surface area contributed by atoms with E-state index in [4.69, 9.17) is 0 Å². The van der Waals surface area contributed by atoms with E-state index in [0.717, 1.165) is 5.92 Å². The SMILES string of the molecule is CCC(CC)CNC(C)CCc1cccc(C)c1. The molecule has 18 heavy (non-hydrogen) atoms. The van der Waals surface area contributed by atoms with Crippen LogP contribution in [0.3, 0.4) is 0 Å². The minimum Gasteiger partial charge on any atom is -0.314 e. The van der Waals surface area contributed by atoms with Crippen molar-refractivity contribution in [2.75, 3.05) is 6.54 Å². The van der Waals surface area contributed by atoms with Gasteiger partial charge in [0.1, 0.15) is 0 Å². The minimum atomic E-state index is 0.617. The zero-order valence-corrected chi connectivity index (χ0v) is 12.5. The van der Waals surface area contributed by atoms with Gasteiger partial charge in [0.05, 0.1) is 0 Å². The Bertz CT molecular complexity index is 328. The van der Waals surface area contributed by atoms with Gasteiger partial charge in [0.2, 0.25) is 0 Å². The van der Waals surface area contributed by atoms with E-state index >= 15 is 0 Å². The summed E-state index contributed by atoms with van der Waals surface area (Å²) in [6.45, 7) is 10.2. The molecule has 0 aliphatic carbocycles. The summed E-state index contributed by atoms with van der Waals surface area (Å²) in [6, 6.07) is 9.48. The standard InChI is InChI=1S/C17H29N/c1-5-16(6-2)13-18-15(4)10-11-17-9-7-8-14(3)12-17/h7-9,12,15-16,18H,5-6,10-11,13H2,1-4H3. The topological polar surface area (TPSA) is 12.0 Å². The lowest BCUT2D eigenvalue weighted by Crippen LogP contribution is -2.31. The van der Waals surface area contributed by atoms with Gasteiger partial charge in [-0.05, 0) is 44.7 Å². The van der Waals surface area contributed by atoms with Crippen LogP contribution < -0.4 is 5.32 Å². The minimum absolute atomic E-state index is 0.617. The summed E-state index contributed by atoms with van der Waals surface area (Å²) in [5.74, 6) is 0.839. The Morgan fingerprint density at radius 1 is 1.17 bits per heavy atom. The smallest absolute Gasteiger partial charge is 0.00420 e. The van der Waals surface area contributed by atoms with E-state index in [9.17, 15) is 0 Å². The van der Waals surface area contributed by atoms with Gasteiger partial charge in [-0.3, -0.25) is 0 Å². The highest BCUT2D eigenvalue weighted by Crippen LogP contribution is 2.09. The van der Waals surface area contributed by atoms with Crippen molar-refractivity contribution in [3.63, 3.8) is 0 Å². The third kappa shape index (κ3) is 5.68. The van der Waals surface area contributed by atoms with Gasteiger partial charge in [0.25, 0.3) is 0 Å². The molecule has 0 aliphatic heterocycles. The second kappa shape index (κ2) is 8.31. The Hall–Kier alpha value is -0.820. The molecule has 1 nitrogen and oxygen atoms in total. The van der Waals surface area contributed by atoms with Gasteiger partial charge in [-0.25, -0.2) is 0 Å². The lowest BCUT2D eigenvalue weighted by atomic mass is 10.0. The molecule has 0 bridgehead atoms. The van der Waals surface area contributed by atoms with Gasteiger partial charge in [0.15, 0.2) is 0 Å². The fourth-order valence-corrected chi connectivity index (χ4v) is 2.30. The van der Waals surface area contributed by atoms with Crippen LogP contribution >= 0.6 is 0 Å². The van der Waals surface area contributed by atoms with Gasteiger partial charge < -0.3 is 5.32 Å². The molecule has 0 aromatic heterocycles. The maximum absolute atomic E-state index is 3.67. The third-order valence-corrected chi connectivity index (χ3v) is 3.86.